The fourth-order valence-electron chi connectivity index (χ4n) is 2.34. The predicted molar refractivity (Wildman–Crippen MR) is 95.0 cm³/mol. The molecule has 0 saturated carbocycles. The molecule has 0 saturated heterocycles. The number of benzene rings is 1. The van der Waals surface area contributed by atoms with E-state index in [4.69, 9.17) is 0 Å². The molecule has 3 aromatic rings. The highest BCUT2D eigenvalue weighted by molar-refractivity contribution is 7.13. The van der Waals surface area contributed by atoms with Gasteiger partial charge in [-0.25, -0.2) is 9.37 Å². The molecule has 1 amide bonds. The number of fused-ring (bicyclic) bond motifs is 1. The van der Waals surface area contributed by atoms with Crippen molar-refractivity contribution in [1.82, 2.24) is 19.2 Å². The zero-order chi connectivity index (χ0) is 18.0. The van der Waals surface area contributed by atoms with E-state index in [9.17, 15) is 14.0 Å². The van der Waals surface area contributed by atoms with Crippen LogP contribution in [0.4, 0.5) is 4.39 Å². The minimum atomic E-state index is -0.342. The number of carbonyl (C=O) groups is 1. The zero-order valence-electron chi connectivity index (χ0n) is 13.8. The van der Waals surface area contributed by atoms with Crippen LogP contribution in [0.15, 0.2) is 35.4 Å². The number of rotatable bonds is 5. The molecule has 8 heteroatoms. The topological polar surface area (TPSA) is 76.9 Å². The molecule has 0 radical (unpaired) electrons. The van der Waals surface area contributed by atoms with Crippen LogP contribution in [0.2, 0.25) is 0 Å². The number of halogens is 1. The molecule has 3 rings (SSSR count). The highest BCUT2D eigenvalue weighted by Crippen LogP contribution is 2.27. The van der Waals surface area contributed by atoms with Gasteiger partial charge in [-0.1, -0.05) is 6.92 Å². The van der Waals surface area contributed by atoms with E-state index in [1.807, 2.05) is 13.8 Å². The number of carbonyl (C=O) groups excluding carboxylic acids is 1. The number of hydrogen-bond acceptors (Lipinski definition) is 5. The lowest BCUT2D eigenvalue weighted by atomic mass is 10.1. The first-order valence-electron chi connectivity index (χ1n) is 7.89. The van der Waals surface area contributed by atoms with Crippen LogP contribution in [0.3, 0.4) is 0 Å². The van der Waals surface area contributed by atoms with Gasteiger partial charge in [0.15, 0.2) is 0 Å². The summed E-state index contributed by atoms with van der Waals surface area (Å²) in [5.41, 5.74) is 1.37. The number of nitrogens with one attached hydrogen (secondary N) is 1. The van der Waals surface area contributed by atoms with Gasteiger partial charge in [-0.05, 0) is 49.1 Å². The summed E-state index contributed by atoms with van der Waals surface area (Å²) in [5.74, 6) is -0.577. The van der Waals surface area contributed by atoms with Crippen molar-refractivity contribution in [2.45, 2.75) is 32.9 Å². The molecular weight excluding hydrogens is 343 g/mol. The Labute approximate surface area is 147 Å². The van der Waals surface area contributed by atoms with Gasteiger partial charge < -0.3 is 5.32 Å². The SMILES string of the molecule is CC[C@@H](C)NC(=O)Cn1cnc2c(-c3ccc(F)cc3)nsc2c1=O. The van der Waals surface area contributed by atoms with Crippen molar-refractivity contribution in [3.63, 3.8) is 0 Å². The monoisotopic (exact) mass is 360 g/mol. The van der Waals surface area contributed by atoms with Crippen molar-refractivity contribution >= 4 is 27.7 Å². The van der Waals surface area contributed by atoms with Crippen LogP contribution in [0.5, 0.6) is 0 Å². The Morgan fingerprint density at radius 1 is 1.36 bits per heavy atom. The smallest absolute Gasteiger partial charge is 0.273 e. The molecule has 2 heterocycles. The van der Waals surface area contributed by atoms with Crippen molar-refractivity contribution in [1.29, 1.82) is 0 Å². The van der Waals surface area contributed by atoms with Crippen LogP contribution in [0, 0.1) is 5.82 Å². The van der Waals surface area contributed by atoms with Crippen molar-refractivity contribution in [3.05, 3.63) is 46.8 Å². The average molecular weight is 360 g/mol. The molecule has 1 aromatic carbocycles. The van der Waals surface area contributed by atoms with Gasteiger partial charge in [0.1, 0.15) is 28.3 Å². The van der Waals surface area contributed by atoms with Crippen LogP contribution in [0.1, 0.15) is 20.3 Å². The zero-order valence-corrected chi connectivity index (χ0v) is 14.6. The summed E-state index contributed by atoms with van der Waals surface area (Å²) >= 11 is 1.03. The second-order valence-corrected chi connectivity index (χ2v) is 6.54. The van der Waals surface area contributed by atoms with E-state index in [1.165, 1.54) is 23.0 Å². The number of hydrogen-bond donors (Lipinski definition) is 1. The highest BCUT2D eigenvalue weighted by Gasteiger charge is 2.16. The Kier molecular flexibility index (Phi) is 4.89. The molecule has 0 aliphatic heterocycles. The first-order chi connectivity index (χ1) is 12.0. The van der Waals surface area contributed by atoms with Gasteiger partial charge >= 0.3 is 0 Å². The molecule has 0 fully saturated rings. The first-order valence-corrected chi connectivity index (χ1v) is 8.67. The van der Waals surface area contributed by atoms with Crippen molar-refractivity contribution in [3.8, 4) is 11.3 Å². The van der Waals surface area contributed by atoms with E-state index in [0.717, 1.165) is 18.0 Å². The maximum atomic E-state index is 13.1. The van der Waals surface area contributed by atoms with E-state index < -0.39 is 0 Å². The third kappa shape index (κ3) is 3.58. The van der Waals surface area contributed by atoms with Crippen LogP contribution < -0.4 is 10.9 Å². The maximum Gasteiger partial charge on any atom is 0.273 e. The quantitative estimate of drug-likeness (QED) is 0.759. The lowest BCUT2D eigenvalue weighted by molar-refractivity contribution is -0.122. The van der Waals surface area contributed by atoms with E-state index in [0.29, 0.717) is 21.5 Å². The van der Waals surface area contributed by atoms with Crippen molar-refractivity contribution in [2.75, 3.05) is 0 Å². The van der Waals surface area contributed by atoms with E-state index in [2.05, 4.69) is 14.7 Å². The second kappa shape index (κ2) is 7.10. The summed E-state index contributed by atoms with van der Waals surface area (Å²) in [6, 6.07) is 5.91. The Morgan fingerprint density at radius 2 is 2.08 bits per heavy atom. The summed E-state index contributed by atoms with van der Waals surface area (Å²) < 4.78 is 19.0. The maximum absolute atomic E-state index is 13.1. The van der Waals surface area contributed by atoms with Gasteiger partial charge in [-0.2, -0.15) is 4.37 Å². The molecule has 0 bridgehead atoms. The largest absolute Gasteiger partial charge is 0.352 e. The minimum absolute atomic E-state index is 0.0494. The molecule has 2 aromatic heterocycles. The fraction of sp³-hybridized carbons (Fsp3) is 0.294. The Bertz CT molecular complexity index is 965. The summed E-state index contributed by atoms with van der Waals surface area (Å²) in [7, 11) is 0. The Morgan fingerprint density at radius 3 is 2.76 bits per heavy atom. The number of aromatic nitrogens is 3. The number of amides is 1. The summed E-state index contributed by atoms with van der Waals surface area (Å²) in [6.45, 7) is 3.79. The molecule has 0 aliphatic rings. The molecule has 0 aliphatic carbocycles. The predicted octanol–water partition coefficient (Wildman–Crippen LogP) is 2.57. The van der Waals surface area contributed by atoms with E-state index in [-0.39, 0.29) is 29.9 Å². The van der Waals surface area contributed by atoms with Crippen LogP contribution in [-0.4, -0.2) is 25.9 Å². The normalized spacial score (nSPS) is 12.3. The molecular formula is C17H17FN4O2S. The fourth-order valence-corrected chi connectivity index (χ4v) is 3.15. The lowest BCUT2D eigenvalue weighted by Crippen LogP contribution is -2.37. The molecule has 25 heavy (non-hydrogen) atoms. The molecule has 1 N–H and O–H groups in total. The third-order valence-corrected chi connectivity index (χ3v) is 4.72. The van der Waals surface area contributed by atoms with Gasteiger partial charge in [0, 0.05) is 11.6 Å². The second-order valence-electron chi connectivity index (χ2n) is 5.77. The van der Waals surface area contributed by atoms with Gasteiger partial charge in [0.25, 0.3) is 5.56 Å². The van der Waals surface area contributed by atoms with Gasteiger partial charge in [0.2, 0.25) is 5.91 Å². The molecule has 6 nitrogen and oxygen atoms in total. The summed E-state index contributed by atoms with van der Waals surface area (Å²) in [5, 5.41) is 2.82. The molecule has 130 valence electrons. The standard InChI is InChI=1S/C17H17FN4O2S/c1-3-10(2)20-13(23)8-22-9-19-15-14(21-25-16(15)17(22)24)11-4-6-12(18)7-5-11/h4-7,9-10H,3,8H2,1-2H3,(H,20,23)/t10-/m1/s1. The van der Waals surface area contributed by atoms with Crippen LogP contribution >= 0.6 is 11.5 Å². The third-order valence-electron chi connectivity index (χ3n) is 3.90. The lowest BCUT2D eigenvalue weighted by Gasteiger charge is -2.12. The van der Waals surface area contributed by atoms with Crippen LogP contribution in [-0.2, 0) is 11.3 Å². The summed E-state index contributed by atoms with van der Waals surface area (Å²) in [4.78, 5) is 28.8. The van der Waals surface area contributed by atoms with Gasteiger partial charge in [-0.15, -0.1) is 0 Å². The first kappa shape index (κ1) is 17.2. The van der Waals surface area contributed by atoms with Crippen molar-refractivity contribution < 1.29 is 9.18 Å². The van der Waals surface area contributed by atoms with Gasteiger partial charge in [-0.3, -0.25) is 14.2 Å². The average Bonchev–Trinajstić information content (AvgIpc) is 3.02. The molecule has 0 spiro atoms. The Hall–Kier alpha value is -2.61. The summed E-state index contributed by atoms with van der Waals surface area (Å²) in [6.07, 6.45) is 2.16. The minimum Gasteiger partial charge on any atom is -0.352 e. The van der Waals surface area contributed by atoms with E-state index in [1.54, 1.807) is 12.1 Å². The van der Waals surface area contributed by atoms with Crippen LogP contribution in [0.25, 0.3) is 21.5 Å². The Balaban J connectivity index is 1.93. The van der Waals surface area contributed by atoms with Crippen molar-refractivity contribution in [2.24, 2.45) is 0 Å². The van der Waals surface area contributed by atoms with Gasteiger partial charge in [0.05, 0.1) is 6.33 Å². The molecule has 1 atom stereocenters. The highest BCUT2D eigenvalue weighted by atomic mass is 32.1. The molecule has 0 unspecified atom stereocenters. The van der Waals surface area contributed by atoms with E-state index >= 15 is 0 Å². The number of nitrogens with zero attached hydrogens (tertiary/aromatic N) is 3.